The van der Waals surface area contributed by atoms with Crippen molar-refractivity contribution < 1.29 is 9.50 Å². The molecule has 0 bridgehead atoms. The summed E-state index contributed by atoms with van der Waals surface area (Å²) in [4.78, 5) is 0. The highest BCUT2D eigenvalue weighted by Gasteiger charge is 2.03. The van der Waals surface area contributed by atoms with E-state index in [9.17, 15) is 4.39 Å². The van der Waals surface area contributed by atoms with Crippen molar-refractivity contribution in [1.82, 2.24) is 0 Å². The van der Waals surface area contributed by atoms with Gasteiger partial charge in [-0.15, -0.1) is 0 Å². The highest BCUT2D eigenvalue weighted by atomic mass is 35.5. The van der Waals surface area contributed by atoms with Crippen LogP contribution < -0.4 is 0 Å². The summed E-state index contributed by atoms with van der Waals surface area (Å²) in [6.07, 6.45) is 1.63. The van der Waals surface area contributed by atoms with Gasteiger partial charge in [-0.25, -0.2) is 4.39 Å². The van der Waals surface area contributed by atoms with Crippen LogP contribution in [0.2, 0.25) is 5.02 Å². The molecule has 1 nitrogen and oxygen atoms in total. The Morgan fingerprint density at radius 3 is 2.79 bits per heavy atom. The van der Waals surface area contributed by atoms with Crippen molar-refractivity contribution in [3.05, 3.63) is 34.6 Å². The Kier molecular flexibility index (Phi) is 4.36. The standard InChI is InChI=1S/C11H14ClFO/c1-8(7-14)2-3-9-4-5-10(12)11(13)6-9/h4-6,8,14H,2-3,7H2,1H3. The Bertz CT molecular complexity index is 301. The molecule has 1 unspecified atom stereocenters. The van der Waals surface area contributed by atoms with E-state index in [1.165, 1.54) is 6.07 Å². The van der Waals surface area contributed by atoms with E-state index < -0.39 is 0 Å². The third-order valence-corrected chi connectivity index (χ3v) is 2.53. The molecule has 0 fully saturated rings. The molecule has 1 rings (SSSR count). The zero-order valence-electron chi connectivity index (χ0n) is 8.13. The fourth-order valence-electron chi connectivity index (χ4n) is 1.20. The van der Waals surface area contributed by atoms with E-state index in [-0.39, 0.29) is 23.4 Å². The zero-order chi connectivity index (χ0) is 10.6. The largest absolute Gasteiger partial charge is 0.396 e. The van der Waals surface area contributed by atoms with Crippen LogP contribution in [-0.4, -0.2) is 11.7 Å². The van der Waals surface area contributed by atoms with E-state index >= 15 is 0 Å². The molecule has 0 aromatic heterocycles. The van der Waals surface area contributed by atoms with Gasteiger partial charge < -0.3 is 5.11 Å². The molecule has 0 aliphatic heterocycles. The molecule has 1 N–H and O–H groups in total. The molecule has 0 saturated carbocycles. The van der Waals surface area contributed by atoms with Gasteiger partial charge in [0.1, 0.15) is 5.82 Å². The molecule has 3 heteroatoms. The van der Waals surface area contributed by atoms with Gasteiger partial charge in [0.2, 0.25) is 0 Å². The molecule has 14 heavy (non-hydrogen) atoms. The first kappa shape index (κ1) is 11.5. The zero-order valence-corrected chi connectivity index (χ0v) is 8.89. The molecule has 0 spiro atoms. The normalized spacial score (nSPS) is 12.9. The van der Waals surface area contributed by atoms with E-state index in [2.05, 4.69) is 0 Å². The topological polar surface area (TPSA) is 20.2 Å². The quantitative estimate of drug-likeness (QED) is 0.820. The number of hydrogen-bond donors (Lipinski definition) is 1. The number of hydrogen-bond acceptors (Lipinski definition) is 1. The molecule has 0 aliphatic carbocycles. The number of halogens is 2. The SMILES string of the molecule is CC(CO)CCc1ccc(Cl)c(F)c1. The second kappa shape index (κ2) is 5.32. The van der Waals surface area contributed by atoms with Gasteiger partial charge in [-0.3, -0.25) is 0 Å². The Hall–Kier alpha value is -0.600. The summed E-state index contributed by atoms with van der Waals surface area (Å²) in [5.41, 5.74) is 0.923. The van der Waals surface area contributed by atoms with Crippen LogP contribution in [0.5, 0.6) is 0 Å². The maximum Gasteiger partial charge on any atom is 0.142 e. The lowest BCUT2D eigenvalue weighted by atomic mass is 10.0. The van der Waals surface area contributed by atoms with Gasteiger partial charge in [-0.2, -0.15) is 0 Å². The molecular formula is C11H14ClFO. The Morgan fingerprint density at radius 1 is 1.50 bits per heavy atom. The van der Waals surface area contributed by atoms with Crippen LogP contribution >= 0.6 is 11.6 Å². The van der Waals surface area contributed by atoms with Crippen LogP contribution in [0, 0.1) is 11.7 Å². The van der Waals surface area contributed by atoms with Crippen LogP contribution in [0.3, 0.4) is 0 Å². The van der Waals surface area contributed by atoms with Crippen molar-refractivity contribution in [1.29, 1.82) is 0 Å². The first-order chi connectivity index (χ1) is 6.63. The molecule has 1 aromatic rings. The summed E-state index contributed by atoms with van der Waals surface area (Å²) < 4.78 is 13.0. The highest BCUT2D eigenvalue weighted by Crippen LogP contribution is 2.17. The summed E-state index contributed by atoms with van der Waals surface area (Å²) in [6, 6.07) is 4.83. The van der Waals surface area contributed by atoms with Crippen molar-refractivity contribution in [3.63, 3.8) is 0 Å². The van der Waals surface area contributed by atoms with Gasteiger partial charge in [0.15, 0.2) is 0 Å². The number of aliphatic hydroxyl groups is 1. The van der Waals surface area contributed by atoms with Crippen LogP contribution in [-0.2, 0) is 6.42 Å². The molecule has 1 aromatic carbocycles. The van der Waals surface area contributed by atoms with Crippen molar-refractivity contribution in [2.75, 3.05) is 6.61 Å². The van der Waals surface area contributed by atoms with Crippen molar-refractivity contribution in [2.24, 2.45) is 5.92 Å². The minimum Gasteiger partial charge on any atom is -0.396 e. The Labute approximate surface area is 88.5 Å². The number of benzene rings is 1. The molecular weight excluding hydrogens is 203 g/mol. The lowest BCUT2D eigenvalue weighted by molar-refractivity contribution is 0.230. The average Bonchev–Trinajstić information content (AvgIpc) is 2.19. The van der Waals surface area contributed by atoms with E-state index in [1.807, 2.05) is 13.0 Å². The van der Waals surface area contributed by atoms with Crippen molar-refractivity contribution in [2.45, 2.75) is 19.8 Å². The third-order valence-electron chi connectivity index (χ3n) is 2.22. The van der Waals surface area contributed by atoms with Gasteiger partial charge in [-0.05, 0) is 36.5 Å². The molecule has 0 radical (unpaired) electrons. The maximum absolute atomic E-state index is 13.0. The number of rotatable bonds is 4. The summed E-state index contributed by atoms with van der Waals surface area (Å²) in [5.74, 6) is -0.116. The first-order valence-electron chi connectivity index (χ1n) is 4.68. The first-order valence-corrected chi connectivity index (χ1v) is 5.06. The number of aliphatic hydroxyl groups excluding tert-OH is 1. The van der Waals surface area contributed by atoms with Crippen LogP contribution in [0.4, 0.5) is 4.39 Å². The average molecular weight is 217 g/mol. The summed E-state index contributed by atoms with van der Waals surface area (Å²) >= 11 is 5.56. The molecule has 0 aliphatic rings. The van der Waals surface area contributed by atoms with Gasteiger partial charge in [0.25, 0.3) is 0 Å². The summed E-state index contributed by atoms with van der Waals surface area (Å²) in [7, 11) is 0. The van der Waals surface area contributed by atoms with E-state index in [4.69, 9.17) is 16.7 Å². The second-order valence-electron chi connectivity index (χ2n) is 3.57. The third kappa shape index (κ3) is 3.28. The van der Waals surface area contributed by atoms with E-state index in [0.29, 0.717) is 0 Å². The lowest BCUT2D eigenvalue weighted by Gasteiger charge is -2.07. The predicted molar refractivity (Wildman–Crippen MR) is 56.0 cm³/mol. The molecule has 0 saturated heterocycles. The van der Waals surface area contributed by atoms with Gasteiger partial charge in [0.05, 0.1) is 5.02 Å². The molecule has 0 amide bonds. The summed E-state index contributed by atoms with van der Waals surface area (Å²) in [5, 5.41) is 8.97. The van der Waals surface area contributed by atoms with Crippen LogP contribution in [0.1, 0.15) is 18.9 Å². The van der Waals surface area contributed by atoms with Gasteiger partial charge in [0, 0.05) is 6.61 Å². The number of aryl methyl sites for hydroxylation is 1. The Morgan fingerprint density at radius 2 is 2.21 bits per heavy atom. The maximum atomic E-state index is 13.0. The van der Waals surface area contributed by atoms with E-state index in [0.717, 1.165) is 18.4 Å². The second-order valence-corrected chi connectivity index (χ2v) is 3.98. The van der Waals surface area contributed by atoms with Crippen molar-refractivity contribution >= 4 is 11.6 Å². The van der Waals surface area contributed by atoms with Gasteiger partial charge >= 0.3 is 0 Å². The minimum atomic E-state index is -0.374. The van der Waals surface area contributed by atoms with Crippen LogP contribution in [0.25, 0.3) is 0 Å². The minimum absolute atomic E-state index is 0.156. The lowest BCUT2D eigenvalue weighted by Crippen LogP contribution is -2.02. The highest BCUT2D eigenvalue weighted by molar-refractivity contribution is 6.30. The fraction of sp³-hybridized carbons (Fsp3) is 0.455. The van der Waals surface area contributed by atoms with Crippen molar-refractivity contribution in [3.8, 4) is 0 Å². The smallest absolute Gasteiger partial charge is 0.142 e. The summed E-state index contributed by atoms with van der Waals surface area (Å²) in [6.45, 7) is 2.14. The molecule has 78 valence electrons. The molecule has 1 atom stereocenters. The molecule has 0 heterocycles. The van der Waals surface area contributed by atoms with Crippen LogP contribution in [0.15, 0.2) is 18.2 Å². The van der Waals surface area contributed by atoms with E-state index in [1.54, 1.807) is 6.07 Å². The monoisotopic (exact) mass is 216 g/mol. The van der Waals surface area contributed by atoms with Gasteiger partial charge in [-0.1, -0.05) is 24.6 Å². The predicted octanol–water partition coefficient (Wildman–Crippen LogP) is 3.04. The Balaban J connectivity index is 2.55. The fourth-order valence-corrected chi connectivity index (χ4v) is 1.32.